The number of imidazole rings is 1. The Morgan fingerprint density at radius 2 is 1.23 bits per heavy atom. The molecule has 0 amide bonds. The maximum Gasteiger partial charge on any atom is 0.0780 e. The molecule has 319 valence electrons. The predicted molar refractivity (Wildman–Crippen MR) is 278 cm³/mol. The average molecular weight is 1040 g/mol. The van der Waals surface area contributed by atoms with Crippen LogP contribution in [0.5, 0.6) is 0 Å². The molecule has 5 heteroatoms. The van der Waals surface area contributed by atoms with Crippen LogP contribution in [0.25, 0.3) is 113 Å². The molecule has 0 aliphatic heterocycles. The van der Waals surface area contributed by atoms with Crippen LogP contribution in [0.15, 0.2) is 194 Å². The molecule has 0 atom stereocenters. The van der Waals surface area contributed by atoms with Crippen LogP contribution < -0.4 is 0 Å². The molecule has 0 aliphatic carbocycles. The Bertz CT molecular complexity index is 4130. The summed E-state index contributed by atoms with van der Waals surface area (Å²) in [6.45, 7) is 5.71. The second kappa shape index (κ2) is 16.8. The number of benzene rings is 9. The first kappa shape index (κ1) is 39.4. The van der Waals surface area contributed by atoms with Crippen molar-refractivity contribution in [1.29, 1.82) is 0 Å². The Morgan fingerprint density at radius 1 is 0.561 bits per heavy atom. The van der Waals surface area contributed by atoms with Gasteiger partial charge in [0.2, 0.25) is 0 Å². The van der Waals surface area contributed by atoms with Gasteiger partial charge in [-0.25, -0.2) is 0 Å². The molecular weight excluding hydrogens is 999 g/mol. The molecule has 0 saturated carbocycles. The number of nitrogens with zero attached hydrogens (tertiary/aromatic N) is 3. The largest absolute Gasteiger partial charge is 0.332 e. The normalized spacial score (nSPS) is 12.5. The quantitative estimate of drug-likeness (QED) is 0.130. The second-order valence-corrected chi connectivity index (χ2v) is 18.7. The summed E-state index contributed by atoms with van der Waals surface area (Å²) in [7, 11) is 0. The number of thiophene rings is 1. The van der Waals surface area contributed by atoms with Gasteiger partial charge in [0.25, 0.3) is 0 Å². The smallest absolute Gasteiger partial charge is 0.0780 e. The van der Waals surface area contributed by atoms with E-state index in [1.165, 1.54) is 74.0 Å². The van der Waals surface area contributed by atoms with Crippen molar-refractivity contribution in [1.82, 2.24) is 14.4 Å². The third-order valence-electron chi connectivity index (χ3n) is 12.3. The molecule has 1 radical (unpaired) electrons. The van der Waals surface area contributed by atoms with Gasteiger partial charge in [-0.05, 0) is 101 Å². The van der Waals surface area contributed by atoms with Crippen molar-refractivity contribution in [3.8, 4) is 22.6 Å². The van der Waals surface area contributed by atoms with Crippen molar-refractivity contribution >= 4 is 102 Å². The number of pyridine rings is 1. The third-order valence-corrected chi connectivity index (χ3v) is 13.5. The summed E-state index contributed by atoms with van der Waals surface area (Å²) < 4.78 is 21.5. The van der Waals surface area contributed by atoms with E-state index in [2.05, 4.69) is 173 Å². The van der Waals surface area contributed by atoms with Gasteiger partial charge in [0.05, 0.1) is 16.9 Å². The fourth-order valence-corrected chi connectivity index (χ4v) is 10.8. The van der Waals surface area contributed by atoms with Crippen LogP contribution in [0.1, 0.15) is 29.1 Å². The van der Waals surface area contributed by atoms with E-state index >= 15 is 0 Å². The van der Waals surface area contributed by atoms with Gasteiger partial charge < -0.3 is 9.38 Å². The molecule has 9 aromatic carbocycles. The van der Waals surface area contributed by atoms with Crippen molar-refractivity contribution in [2.45, 2.75) is 27.1 Å². The third kappa shape index (κ3) is 7.25. The summed E-state index contributed by atoms with van der Waals surface area (Å²) in [6.07, 6.45) is 0.258. The first-order chi connectivity index (χ1) is 32.6. The standard InChI is InChI=1S/C45H25N2S.C16H18N.Ir/c1-2-12-29-27(11-1)23-24-28-25-39-36-19-9-20-37(44(36)48-42(39)26-38(28)29)45-46-40-21-10-18-35-33-16-6-4-14-31(33)30-13-3-5-15-32(30)34-17-7-8-22-41(34)47(45)43(35)40;1-16(2,3)12-13-9-10-17-15(11-13)14-7-5-4-6-8-14;/h1-19,21-26H;4-7,9-11H,12H2,1-3H3;/q2*-1;/i;12D2;. The summed E-state index contributed by atoms with van der Waals surface area (Å²) in [5.41, 5.74) is 6.06. The van der Waals surface area contributed by atoms with E-state index in [1.807, 2.05) is 62.4 Å². The Labute approximate surface area is 403 Å². The molecule has 0 unspecified atom stereocenters. The van der Waals surface area contributed by atoms with Gasteiger partial charge >= 0.3 is 0 Å². The topological polar surface area (TPSA) is 30.2 Å². The van der Waals surface area contributed by atoms with Crippen molar-refractivity contribution in [3.05, 3.63) is 212 Å². The molecule has 13 rings (SSSR count). The fourth-order valence-electron chi connectivity index (χ4n) is 9.60. The number of rotatable bonds is 3. The number of aromatic nitrogens is 3. The van der Waals surface area contributed by atoms with E-state index in [0.717, 1.165) is 39.2 Å². The number of hydrogen-bond donors (Lipinski definition) is 0. The van der Waals surface area contributed by atoms with Gasteiger partial charge in [-0.1, -0.05) is 159 Å². The zero-order chi connectivity index (χ0) is 45.4. The monoisotopic (exact) mass is 1040 g/mol. The van der Waals surface area contributed by atoms with Gasteiger partial charge in [0, 0.05) is 50.0 Å². The SMILES string of the molecule is [2H]C([2H])(c1ccnc(-c2[c-]cccc2)c1)C(C)(C)C.[Ir].[c-]1ccc2c(sc3cc4c(ccc5ccccc54)cc32)c1-c1nc2cccc3c4ccccc4c4ccccc4c4ccccc4n1c23. The van der Waals surface area contributed by atoms with Crippen LogP contribution >= 0.6 is 11.3 Å². The Morgan fingerprint density at radius 3 is 1.98 bits per heavy atom. The van der Waals surface area contributed by atoms with Gasteiger partial charge in [0.15, 0.2) is 0 Å². The van der Waals surface area contributed by atoms with E-state index in [9.17, 15) is 0 Å². The maximum atomic E-state index is 8.31. The molecule has 3 nitrogen and oxygen atoms in total. The summed E-state index contributed by atoms with van der Waals surface area (Å²) >= 11 is 1.85. The van der Waals surface area contributed by atoms with E-state index in [1.54, 1.807) is 12.3 Å². The zero-order valence-electron chi connectivity index (χ0n) is 38.6. The minimum absolute atomic E-state index is 0. The minimum Gasteiger partial charge on any atom is -0.332 e. The van der Waals surface area contributed by atoms with E-state index in [0.29, 0.717) is 5.56 Å². The summed E-state index contributed by atoms with van der Waals surface area (Å²) in [5.74, 6) is 0.911. The first-order valence-electron chi connectivity index (χ1n) is 23.1. The maximum absolute atomic E-state index is 8.31. The molecular formula is C61H43IrN3S-2. The number of fused-ring (bicyclic) bond motifs is 13. The Kier molecular flexibility index (Phi) is 10.00. The van der Waals surface area contributed by atoms with E-state index in [-0.39, 0.29) is 20.1 Å². The fraction of sp³-hybridized carbons (Fsp3) is 0.0820. The van der Waals surface area contributed by atoms with Crippen LogP contribution in [-0.4, -0.2) is 14.4 Å². The van der Waals surface area contributed by atoms with Crippen LogP contribution in [0.4, 0.5) is 0 Å². The second-order valence-electron chi connectivity index (χ2n) is 17.7. The van der Waals surface area contributed by atoms with Gasteiger partial charge in [-0.3, -0.25) is 4.98 Å². The van der Waals surface area contributed by atoms with E-state index in [4.69, 9.17) is 7.73 Å². The molecule has 13 aromatic rings. The molecule has 66 heavy (non-hydrogen) atoms. The molecule has 0 saturated heterocycles. The molecule has 4 heterocycles. The van der Waals surface area contributed by atoms with Crippen molar-refractivity contribution in [3.63, 3.8) is 0 Å². The van der Waals surface area contributed by atoms with Crippen LogP contribution in [-0.2, 0) is 26.5 Å². The Hall–Kier alpha value is -7.01. The van der Waals surface area contributed by atoms with Gasteiger partial charge in [-0.2, -0.15) is 11.3 Å². The summed E-state index contributed by atoms with van der Waals surface area (Å²) in [4.78, 5) is 9.76. The van der Waals surface area contributed by atoms with Crippen LogP contribution in [0, 0.1) is 17.5 Å². The van der Waals surface area contributed by atoms with Crippen molar-refractivity contribution in [2.24, 2.45) is 5.41 Å². The van der Waals surface area contributed by atoms with Crippen LogP contribution in [0.3, 0.4) is 0 Å². The summed E-state index contributed by atoms with van der Waals surface area (Å²) in [5, 5.41) is 14.9. The molecule has 4 aromatic heterocycles. The summed E-state index contributed by atoms with van der Waals surface area (Å²) in [6, 6.07) is 73.1. The molecule has 0 aliphatic rings. The molecule has 0 N–H and O–H groups in total. The van der Waals surface area contributed by atoms with Crippen molar-refractivity contribution < 1.29 is 22.8 Å². The number of hydrogen-bond acceptors (Lipinski definition) is 3. The molecule has 0 spiro atoms. The average Bonchev–Trinajstić information content (AvgIpc) is 3.95. The number of para-hydroxylation sites is 2. The predicted octanol–water partition coefficient (Wildman–Crippen LogP) is 16.8. The minimum atomic E-state index is -1.40. The Balaban J connectivity index is 0.000000215. The van der Waals surface area contributed by atoms with Gasteiger partial charge in [-0.15, -0.1) is 54.1 Å². The molecule has 0 bridgehead atoms. The first-order valence-corrected chi connectivity index (χ1v) is 22.9. The van der Waals surface area contributed by atoms with Gasteiger partial charge in [0.1, 0.15) is 0 Å². The van der Waals surface area contributed by atoms with Crippen molar-refractivity contribution in [2.75, 3.05) is 0 Å². The van der Waals surface area contributed by atoms with E-state index < -0.39 is 11.8 Å². The zero-order valence-corrected chi connectivity index (χ0v) is 39.8. The molecule has 0 fully saturated rings. The van der Waals surface area contributed by atoms with Crippen LogP contribution in [0.2, 0.25) is 0 Å².